The molecule has 2 spiro atoms. The minimum Gasteiger partial charge on any atom is -0.463 e. The predicted molar refractivity (Wildman–Crippen MR) is 150 cm³/mol. The highest BCUT2D eigenvalue weighted by molar-refractivity contribution is 6.76. The second-order valence-corrected chi connectivity index (χ2v) is 21.0. The van der Waals surface area contributed by atoms with Crippen molar-refractivity contribution in [1.29, 1.82) is 0 Å². The van der Waals surface area contributed by atoms with Crippen LogP contribution in [-0.4, -0.2) is 75.6 Å². The molecule has 0 radical (unpaired) electrons. The molecule has 2 saturated heterocycles. The summed E-state index contributed by atoms with van der Waals surface area (Å²) >= 11 is 0. The number of rotatable bonds is 8. The van der Waals surface area contributed by atoms with Gasteiger partial charge in [0.1, 0.15) is 19.5 Å². The summed E-state index contributed by atoms with van der Waals surface area (Å²) in [4.78, 5) is 28.4. The van der Waals surface area contributed by atoms with Crippen LogP contribution in [0.1, 0.15) is 58.8 Å². The van der Waals surface area contributed by atoms with Crippen molar-refractivity contribution in [2.24, 2.45) is 34.0 Å². The van der Waals surface area contributed by atoms with Gasteiger partial charge in [0, 0.05) is 27.2 Å². The third-order valence-electron chi connectivity index (χ3n) is 11.4. The smallest absolute Gasteiger partial charge is 0.338 e. The van der Waals surface area contributed by atoms with Gasteiger partial charge in [-0.2, -0.15) is 0 Å². The summed E-state index contributed by atoms with van der Waals surface area (Å²) in [5.74, 6) is -1.08. The largest absolute Gasteiger partial charge is 0.463 e. The van der Waals surface area contributed by atoms with Crippen LogP contribution in [0.2, 0.25) is 25.7 Å². The van der Waals surface area contributed by atoms with E-state index in [0.29, 0.717) is 26.1 Å². The fourth-order valence-corrected chi connectivity index (χ4v) is 10.6. The topological polar surface area (TPSA) is 101 Å². The lowest BCUT2D eigenvalue weighted by Crippen LogP contribution is -2.70. The van der Waals surface area contributed by atoms with Crippen molar-refractivity contribution in [3.05, 3.63) is 12.2 Å². The number of hydrogen-bond donors (Lipinski definition) is 1. The Labute approximate surface area is 239 Å². The number of ether oxygens (including phenoxy) is 5. The Bertz CT molecular complexity index is 1060. The normalized spacial score (nSPS) is 45.7. The molecule has 4 aliphatic carbocycles. The van der Waals surface area contributed by atoms with Crippen molar-refractivity contribution >= 4 is 19.8 Å². The maximum atomic E-state index is 15.0. The van der Waals surface area contributed by atoms with Crippen LogP contribution in [0.3, 0.4) is 0 Å². The van der Waals surface area contributed by atoms with Gasteiger partial charge >= 0.3 is 5.97 Å². The summed E-state index contributed by atoms with van der Waals surface area (Å²) in [6.07, 6.45) is 3.42. The van der Waals surface area contributed by atoms with Crippen molar-refractivity contribution < 1.29 is 38.4 Å². The number of carbonyl (C=O) groups excluding carboxylic acids is 2. The van der Waals surface area contributed by atoms with Crippen molar-refractivity contribution in [3.63, 3.8) is 0 Å². The van der Waals surface area contributed by atoms with E-state index >= 15 is 4.79 Å². The number of Topliss-reactive ketones (excluding diaryl/α,β-unsaturated/α-hetero) is 1. The summed E-state index contributed by atoms with van der Waals surface area (Å²) in [6, 6.07) is 1.00. The zero-order valence-corrected chi connectivity index (χ0v) is 26.0. The van der Waals surface area contributed by atoms with E-state index in [4.69, 9.17) is 23.7 Å². The first-order chi connectivity index (χ1) is 18.8. The third-order valence-corrected chi connectivity index (χ3v) is 13.1. The summed E-state index contributed by atoms with van der Waals surface area (Å²) < 4.78 is 30.8. The van der Waals surface area contributed by atoms with Gasteiger partial charge in [-0.1, -0.05) is 40.1 Å². The molecule has 1 unspecified atom stereocenters. The van der Waals surface area contributed by atoms with E-state index in [-0.39, 0.29) is 37.4 Å². The average molecular weight is 577 g/mol. The van der Waals surface area contributed by atoms with Crippen LogP contribution in [0.15, 0.2) is 12.2 Å². The van der Waals surface area contributed by atoms with E-state index in [2.05, 4.69) is 40.1 Å². The molecule has 2 aliphatic heterocycles. The first-order valence-electron chi connectivity index (χ1n) is 15.4. The lowest BCUT2D eigenvalue weighted by Gasteiger charge is -2.60. The Morgan fingerprint density at radius 2 is 1.90 bits per heavy atom. The third kappa shape index (κ3) is 4.01. The molecule has 8 nitrogen and oxygen atoms in total. The van der Waals surface area contributed by atoms with E-state index < -0.39 is 60.3 Å². The van der Waals surface area contributed by atoms with Gasteiger partial charge in [-0.25, -0.2) is 4.79 Å². The quantitative estimate of drug-likeness (QED) is 0.149. The van der Waals surface area contributed by atoms with Crippen LogP contribution in [0, 0.1) is 34.0 Å². The van der Waals surface area contributed by atoms with E-state index in [1.807, 2.05) is 0 Å². The molecule has 1 N–H and O–H groups in total. The van der Waals surface area contributed by atoms with E-state index in [9.17, 15) is 9.90 Å². The maximum Gasteiger partial charge on any atom is 0.338 e. The molecule has 40 heavy (non-hydrogen) atoms. The van der Waals surface area contributed by atoms with Crippen molar-refractivity contribution in [1.82, 2.24) is 0 Å². The number of esters is 1. The molecule has 4 saturated carbocycles. The first-order valence-corrected chi connectivity index (χ1v) is 19.1. The number of fused-ring (bicyclic) bond motifs is 1. The fraction of sp³-hybridized carbons (Fsp3) is 0.871. The number of cyclic esters (lactones) is 1. The fourth-order valence-electron chi connectivity index (χ4n) is 9.82. The molecule has 9 atom stereocenters. The van der Waals surface area contributed by atoms with Gasteiger partial charge in [0.05, 0.1) is 16.9 Å². The van der Waals surface area contributed by atoms with Crippen molar-refractivity contribution in [3.8, 4) is 0 Å². The first kappa shape index (κ1) is 29.0. The lowest BCUT2D eigenvalue weighted by atomic mass is 9.43. The monoisotopic (exact) mass is 576 g/mol. The van der Waals surface area contributed by atoms with Crippen LogP contribution in [0.5, 0.6) is 0 Å². The van der Waals surface area contributed by atoms with Gasteiger partial charge in [0.2, 0.25) is 0 Å². The molecule has 2 heterocycles. The number of hydrogen-bond acceptors (Lipinski definition) is 8. The standard InChI is InChI=1S/C31H48O8Si/c1-19-20-10-11-21-29(15-20,26(19)39-22-9-7-8-12-36-22)25(32)23(38-18-35-13-14-40(4,5)6)24-28(2,3)16-31(34)27(33)37-17-30(21,24)31/h20-24,26,34H,1,7-18H2,2-6H3/t20-,21-,22?,23+,24-,26-,29-,30+,31+/m1/s1. The van der Waals surface area contributed by atoms with Gasteiger partial charge in [0.15, 0.2) is 17.7 Å². The number of carbonyl (C=O) groups is 2. The Hall–Kier alpha value is -1.10. The summed E-state index contributed by atoms with van der Waals surface area (Å²) in [5.41, 5.74) is -3.17. The second kappa shape index (κ2) is 9.71. The minimum atomic E-state index is -1.68. The van der Waals surface area contributed by atoms with Gasteiger partial charge in [-0.3, -0.25) is 4.79 Å². The van der Waals surface area contributed by atoms with E-state index in [0.717, 1.165) is 37.3 Å². The maximum absolute atomic E-state index is 15.0. The molecule has 224 valence electrons. The molecule has 9 heteroatoms. The number of aliphatic hydroxyl groups is 1. The van der Waals surface area contributed by atoms with Crippen LogP contribution >= 0.6 is 0 Å². The Kier molecular flexibility index (Phi) is 7.04. The predicted octanol–water partition coefficient (Wildman–Crippen LogP) is 4.47. The SMILES string of the molecule is C=C1[C@@H]2CC[C@@H]3[C@](C2)(C(=O)[C@@H](OCOCC[Si](C)(C)C)[C@@H]2C(C)(C)C[C@]4(O)C(=O)OC[C@@]234)[C@@H]1OC1CCCCO1. The lowest BCUT2D eigenvalue weighted by molar-refractivity contribution is -0.248. The molecular weight excluding hydrogens is 528 g/mol. The minimum absolute atomic E-state index is 0.000833. The molecule has 0 aromatic carbocycles. The Balaban J connectivity index is 1.41. The van der Waals surface area contributed by atoms with Gasteiger partial charge < -0.3 is 28.8 Å². The molecule has 0 amide bonds. The molecular formula is C31H48O8Si. The van der Waals surface area contributed by atoms with Crippen molar-refractivity contribution in [2.75, 3.05) is 26.6 Å². The highest BCUT2D eigenvalue weighted by Crippen LogP contribution is 2.77. The van der Waals surface area contributed by atoms with E-state index in [1.54, 1.807) is 0 Å². The summed E-state index contributed by atoms with van der Waals surface area (Å²) in [7, 11) is -1.29. The number of ketones is 1. The molecule has 6 rings (SSSR count). The summed E-state index contributed by atoms with van der Waals surface area (Å²) in [6.45, 7) is 16.8. The Morgan fingerprint density at radius 3 is 2.60 bits per heavy atom. The van der Waals surface area contributed by atoms with Crippen LogP contribution in [0.25, 0.3) is 0 Å². The van der Waals surface area contributed by atoms with Gasteiger partial charge in [-0.05, 0) is 73.8 Å². The highest BCUT2D eigenvalue weighted by Gasteiger charge is 2.85. The van der Waals surface area contributed by atoms with Gasteiger partial charge in [0.25, 0.3) is 0 Å². The van der Waals surface area contributed by atoms with E-state index in [1.165, 1.54) is 0 Å². The molecule has 6 fully saturated rings. The second-order valence-electron chi connectivity index (χ2n) is 15.4. The summed E-state index contributed by atoms with van der Waals surface area (Å²) in [5, 5.41) is 12.3. The van der Waals surface area contributed by atoms with Crippen molar-refractivity contribution in [2.45, 2.75) is 109 Å². The molecule has 0 aromatic heterocycles. The van der Waals surface area contributed by atoms with Gasteiger partial charge in [-0.15, -0.1) is 0 Å². The van der Waals surface area contributed by atoms with Crippen LogP contribution in [-0.2, 0) is 33.3 Å². The molecule has 6 aliphatic rings. The zero-order valence-electron chi connectivity index (χ0n) is 25.0. The average Bonchev–Trinajstić information content (AvgIpc) is 3.33. The Morgan fingerprint density at radius 1 is 1.12 bits per heavy atom. The molecule has 0 aromatic rings. The van der Waals surface area contributed by atoms with Crippen LogP contribution < -0.4 is 0 Å². The molecule has 2 bridgehead atoms. The zero-order chi connectivity index (χ0) is 28.7. The van der Waals surface area contributed by atoms with Crippen LogP contribution in [0.4, 0.5) is 0 Å². The highest BCUT2D eigenvalue weighted by atomic mass is 28.3.